The first kappa shape index (κ1) is 16.2. The number of rotatable bonds is 4. The highest BCUT2D eigenvalue weighted by atomic mass is 32.2. The molecule has 3 aliphatic heterocycles. The zero-order chi connectivity index (χ0) is 15.7. The van der Waals surface area contributed by atoms with Crippen LogP contribution in [-0.4, -0.2) is 67.0 Å². The van der Waals surface area contributed by atoms with Crippen LogP contribution in [0.1, 0.15) is 45.4 Å². The fourth-order valence-electron chi connectivity index (χ4n) is 4.21. The molecule has 3 fully saturated rings. The van der Waals surface area contributed by atoms with Gasteiger partial charge in [-0.25, -0.2) is 8.42 Å². The van der Waals surface area contributed by atoms with Crippen molar-refractivity contribution < 1.29 is 13.2 Å². The van der Waals surface area contributed by atoms with Gasteiger partial charge in [0.05, 0.1) is 5.75 Å². The van der Waals surface area contributed by atoms with E-state index in [1.54, 1.807) is 0 Å². The Hall–Kier alpha value is -0.660. The Kier molecular flexibility index (Phi) is 4.75. The highest BCUT2D eigenvalue weighted by molar-refractivity contribution is 7.89. The molecule has 0 aromatic heterocycles. The number of hydrogen-bond donors (Lipinski definition) is 1. The van der Waals surface area contributed by atoms with E-state index in [1.807, 2.05) is 11.8 Å². The van der Waals surface area contributed by atoms with Crippen molar-refractivity contribution in [1.82, 2.24) is 14.5 Å². The van der Waals surface area contributed by atoms with E-state index in [0.29, 0.717) is 25.4 Å². The van der Waals surface area contributed by atoms with Crippen LogP contribution in [-0.2, 0) is 14.8 Å². The summed E-state index contributed by atoms with van der Waals surface area (Å²) in [7, 11) is -3.30. The Morgan fingerprint density at radius 2 is 1.95 bits per heavy atom. The van der Waals surface area contributed by atoms with Gasteiger partial charge in [0.15, 0.2) is 0 Å². The smallest absolute Gasteiger partial charge is 0.241 e. The molecule has 0 spiro atoms. The topological polar surface area (TPSA) is 69.7 Å². The summed E-state index contributed by atoms with van der Waals surface area (Å²) in [4.78, 5) is 15.1. The van der Waals surface area contributed by atoms with E-state index in [1.165, 1.54) is 4.31 Å². The van der Waals surface area contributed by atoms with Crippen LogP contribution in [0, 0.1) is 0 Å². The fraction of sp³-hybridized carbons (Fsp3) is 0.933. The predicted molar refractivity (Wildman–Crippen MR) is 84.9 cm³/mol. The van der Waals surface area contributed by atoms with Crippen molar-refractivity contribution in [1.29, 1.82) is 0 Å². The molecular formula is C15H27N3O3S. The Morgan fingerprint density at radius 1 is 1.18 bits per heavy atom. The van der Waals surface area contributed by atoms with Crippen molar-refractivity contribution in [2.75, 3.05) is 25.4 Å². The molecule has 0 radical (unpaired) electrons. The minimum atomic E-state index is -3.30. The molecule has 3 heterocycles. The monoisotopic (exact) mass is 329 g/mol. The molecule has 0 aliphatic carbocycles. The molecule has 1 N–H and O–H groups in total. The second-order valence-corrected chi connectivity index (χ2v) is 8.75. The lowest BCUT2D eigenvalue weighted by Gasteiger charge is -2.33. The van der Waals surface area contributed by atoms with Crippen LogP contribution in [0.15, 0.2) is 0 Å². The van der Waals surface area contributed by atoms with Crippen LogP contribution >= 0.6 is 0 Å². The summed E-state index contributed by atoms with van der Waals surface area (Å²) >= 11 is 0. The first-order chi connectivity index (χ1) is 10.5. The predicted octanol–water partition coefficient (Wildman–Crippen LogP) is 0.544. The quantitative estimate of drug-likeness (QED) is 0.817. The van der Waals surface area contributed by atoms with Gasteiger partial charge >= 0.3 is 0 Å². The lowest BCUT2D eigenvalue weighted by Crippen LogP contribution is -2.52. The second-order valence-electron chi connectivity index (χ2n) is 6.71. The van der Waals surface area contributed by atoms with Gasteiger partial charge in [-0.2, -0.15) is 4.31 Å². The van der Waals surface area contributed by atoms with Crippen molar-refractivity contribution in [3.05, 3.63) is 0 Å². The van der Waals surface area contributed by atoms with Gasteiger partial charge in [0, 0.05) is 25.2 Å². The standard InChI is InChI=1S/C15H27N3O3S/c1-2-10-22(20,21)17-9-3-4-14(17)15(19)18-12-5-6-13(18)11-16-8-7-12/h12-14,16H,2-11H2,1H3. The summed E-state index contributed by atoms with van der Waals surface area (Å²) < 4.78 is 26.3. The molecule has 126 valence electrons. The Balaban J connectivity index is 1.79. The highest BCUT2D eigenvalue weighted by Crippen LogP contribution is 2.32. The van der Waals surface area contributed by atoms with Gasteiger partial charge in [0.25, 0.3) is 0 Å². The van der Waals surface area contributed by atoms with Crippen LogP contribution in [0.2, 0.25) is 0 Å². The van der Waals surface area contributed by atoms with Crippen molar-refractivity contribution in [2.45, 2.75) is 63.6 Å². The summed E-state index contributed by atoms with van der Waals surface area (Å²) in [6.45, 7) is 4.16. The van der Waals surface area contributed by atoms with Crippen LogP contribution in [0.3, 0.4) is 0 Å². The highest BCUT2D eigenvalue weighted by Gasteiger charge is 2.45. The maximum Gasteiger partial charge on any atom is 0.241 e. The molecule has 3 unspecified atom stereocenters. The van der Waals surface area contributed by atoms with E-state index < -0.39 is 16.1 Å². The zero-order valence-electron chi connectivity index (χ0n) is 13.3. The van der Waals surface area contributed by atoms with E-state index >= 15 is 0 Å². The molecule has 0 aromatic rings. The summed E-state index contributed by atoms with van der Waals surface area (Å²) in [5.41, 5.74) is 0. The van der Waals surface area contributed by atoms with E-state index in [0.717, 1.165) is 38.8 Å². The van der Waals surface area contributed by atoms with Crippen LogP contribution in [0.5, 0.6) is 0 Å². The molecule has 3 saturated heterocycles. The van der Waals surface area contributed by atoms with Crippen molar-refractivity contribution >= 4 is 15.9 Å². The number of nitrogens with one attached hydrogen (secondary N) is 1. The average Bonchev–Trinajstić information content (AvgIpc) is 3.02. The number of carbonyl (C=O) groups excluding carboxylic acids is 1. The first-order valence-corrected chi connectivity index (χ1v) is 10.2. The molecular weight excluding hydrogens is 302 g/mol. The van der Waals surface area contributed by atoms with Crippen molar-refractivity contribution in [2.24, 2.45) is 0 Å². The maximum atomic E-state index is 13.1. The number of amides is 1. The average molecular weight is 329 g/mol. The zero-order valence-corrected chi connectivity index (χ0v) is 14.1. The van der Waals surface area contributed by atoms with Crippen LogP contribution in [0.25, 0.3) is 0 Å². The Morgan fingerprint density at radius 3 is 2.73 bits per heavy atom. The molecule has 0 saturated carbocycles. The van der Waals surface area contributed by atoms with E-state index in [-0.39, 0.29) is 17.7 Å². The van der Waals surface area contributed by atoms with E-state index in [9.17, 15) is 13.2 Å². The SMILES string of the molecule is CCCS(=O)(=O)N1CCCC1C(=O)N1C2CCNCC1CC2. The summed E-state index contributed by atoms with van der Waals surface area (Å²) in [6, 6.07) is 0.0814. The number of hydrogen-bond acceptors (Lipinski definition) is 4. The first-order valence-electron chi connectivity index (χ1n) is 8.57. The second kappa shape index (κ2) is 6.45. The number of carbonyl (C=O) groups is 1. The van der Waals surface area contributed by atoms with Gasteiger partial charge in [-0.3, -0.25) is 4.79 Å². The molecule has 0 aromatic carbocycles. The van der Waals surface area contributed by atoms with Gasteiger partial charge in [0.1, 0.15) is 6.04 Å². The third-order valence-electron chi connectivity index (χ3n) is 5.22. The molecule has 6 nitrogen and oxygen atoms in total. The van der Waals surface area contributed by atoms with E-state index in [4.69, 9.17) is 0 Å². The van der Waals surface area contributed by atoms with Gasteiger partial charge < -0.3 is 10.2 Å². The molecule has 22 heavy (non-hydrogen) atoms. The number of sulfonamides is 1. The number of fused-ring (bicyclic) bond motifs is 2. The molecule has 2 bridgehead atoms. The lowest BCUT2D eigenvalue weighted by molar-refractivity contribution is -0.137. The number of nitrogens with zero attached hydrogens (tertiary/aromatic N) is 2. The largest absolute Gasteiger partial charge is 0.334 e. The maximum absolute atomic E-state index is 13.1. The van der Waals surface area contributed by atoms with Crippen molar-refractivity contribution in [3.8, 4) is 0 Å². The molecule has 1 amide bonds. The molecule has 7 heteroatoms. The minimum absolute atomic E-state index is 0.0494. The normalized spacial score (nSPS) is 33.1. The molecule has 3 rings (SSSR count). The van der Waals surface area contributed by atoms with E-state index in [2.05, 4.69) is 5.32 Å². The third kappa shape index (κ3) is 2.90. The molecule has 3 atom stereocenters. The Labute approximate surface area is 133 Å². The van der Waals surface area contributed by atoms with Gasteiger partial charge in [-0.1, -0.05) is 6.92 Å². The van der Waals surface area contributed by atoms with Crippen molar-refractivity contribution in [3.63, 3.8) is 0 Å². The summed E-state index contributed by atoms with van der Waals surface area (Å²) in [5, 5.41) is 3.39. The van der Waals surface area contributed by atoms with Gasteiger partial charge in [-0.05, 0) is 45.1 Å². The lowest BCUT2D eigenvalue weighted by atomic mass is 10.1. The third-order valence-corrected chi connectivity index (χ3v) is 7.29. The summed E-state index contributed by atoms with van der Waals surface area (Å²) in [5.74, 6) is 0.193. The molecule has 3 aliphatic rings. The van der Waals surface area contributed by atoms with Gasteiger partial charge in [0.2, 0.25) is 15.9 Å². The summed E-state index contributed by atoms with van der Waals surface area (Å²) in [6.07, 6.45) is 5.14. The Bertz CT molecular complexity index is 508. The van der Waals surface area contributed by atoms with Crippen LogP contribution in [0.4, 0.5) is 0 Å². The minimum Gasteiger partial charge on any atom is -0.334 e. The van der Waals surface area contributed by atoms with Gasteiger partial charge in [-0.15, -0.1) is 0 Å². The van der Waals surface area contributed by atoms with Crippen LogP contribution < -0.4 is 5.32 Å². The fourth-order valence-corrected chi connectivity index (χ4v) is 5.95.